The summed E-state index contributed by atoms with van der Waals surface area (Å²) < 4.78 is 0. The Balaban J connectivity index is 2.03. The first kappa shape index (κ1) is 14.0. The first-order valence-corrected chi connectivity index (χ1v) is 6.46. The van der Waals surface area contributed by atoms with Crippen molar-refractivity contribution in [2.24, 2.45) is 0 Å². The van der Waals surface area contributed by atoms with Gasteiger partial charge in [-0.15, -0.1) is 0 Å². The third kappa shape index (κ3) is 3.57. The van der Waals surface area contributed by atoms with Crippen LogP contribution in [0.15, 0.2) is 24.3 Å². The second-order valence-electron chi connectivity index (χ2n) is 4.70. The van der Waals surface area contributed by atoms with E-state index < -0.39 is 12.0 Å². The molecule has 0 unspecified atom stereocenters. The van der Waals surface area contributed by atoms with Crippen LogP contribution in [0.3, 0.4) is 0 Å². The molecule has 3 N–H and O–H groups in total. The van der Waals surface area contributed by atoms with Gasteiger partial charge >= 0.3 is 5.97 Å². The molecule has 0 spiro atoms. The van der Waals surface area contributed by atoms with Crippen LogP contribution in [-0.4, -0.2) is 28.9 Å². The number of carbonyl (C=O) groups excluding carboxylic acids is 2. The molecule has 2 rings (SSSR count). The molecule has 1 atom stereocenters. The molecule has 0 bridgehead atoms. The lowest BCUT2D eigenvalue weighted by Gasteiger charge is -2.13. The molecule has 6 nitrogen and oxygen atoms in total. The number of aliphatic carboxylic acids is 1. The molecule has 0 aromatic heterocycles. The van der Waals surface area contributed by atoms with E-state index in [0.717, 1.165) is 5.56 Å². The second-order valence-corrected chi connectivity index (χ2v) is 4.70. The van der Waals surface area contributed by atoms with E-state index in [1.165, 1.54) is 0 Å². The van der Waals surface area contributed by atoms with Gasteiger partial charge in [-0.1, -0.05) is 18.2 Å². The van der Waals surface area contributed by atoms with E-state index in [1.54, 1.807) is 24.3 Å². The number of aryl methyl sites for hydroxylation is 1. The number of hydrogen-bond acceptors (Lipinski definition) is 3. The molecule has 20 heavy (non-hydrogen) atoms. The SMILES string of the molecule is O=C(O)CCc1ccccc1NC(=O)[C@@H]1CCC(=O)N1. The quantitative estimate of drug-likeness (QED) is 0.745. The highest BCUT2D eigenvalue weighted by Crippen LogP contribution is 2.18. The van der Waals surface area contributed by atoms with E-state index in [1.807, 2.05) is 0 Å². The molecule has 1 fully saturated rings. The largest absolute Gasteiger partial charge is 0.481 e. The summed E-state index contributed by atoms with van der Waals surface area (Å²) in [5.41, 5.74) is 1.37. The second kappa shape index (κ2) is 6.18. The Bertz CT molecular complexity index is 542. The third-order valence-electron chi connectivity index (χ3n) is 3.20. The van der Waals surface area contributed by atoms with E-state index in [0.29, 0.717) is 24.9 Å². The Hall–Kier alpha value is -2.37. The molecule has 1 saturated heterocycles. The van der Waals surface area contributed by atoms with Crippen molar-refractivity contribution in [3.63, 3.8) is 0 Å². The Morgan fingerprint density at radius 2 is 2.10 bits per heavy atom. The number of carboxylic acid groups (broad SMARTS) is 1. The van der Waals surface area contributed by atoms with Crippen LogP contribution >= 0.6 is 0 Å². The summed E-state index contributed by atoms with van der Waals surface area (Å²) in [4.78, 5) is 33.7. The summed E-state index contributed by atoms with van der Waals surface area (Å²) in [6.07, 6.45) is 1.20. The van der Waals surface area contributed by atoms with Gasteiger partial charge in [-0.25, -0.2) is 0 Å². The zero-order valence-electron chi connectivity index (χ0n) is 10.9. The predicted molar refractivity (Wildman–Crippen MR) is 72.2 cm³/mol. The van der Waals surface area contributed by atoms with Crippen molar-refractivity contribution in [1.82, 2.24) is 5.32 Å². The van der Waals surface area contributed by atoms with Crippen molar-refractivity contribution in [3.8, 4) is 0 Å². The number of hydrogen-bond donors (Lipinski definition) is 3. The van der Waals surface area contributed by atoms with Crippen LogP contribution in [0.5, 0.6) is 0 Å². The maximum Gasteiger partial charge on any atom is 0.303 e. The molecule has 2 amide bonds. The Kier molecular flexibility index (Phi) is 4.34. The molecule has 0 radical (unpaired) electrons. The van der Waals surface area contributed by atoms with Crippen molar-refractivity contribution in [1.29, 1.82) is 0 Å². The van der Waals surface area contributed by atoms with Gasteiger partial charge in [0, 0.05) is 18.5 Å². The normalized spacial score (nSPS) is 17.6. The van der Waals surface area contributed by atoms with E-state index in [2.05, 4.69) is 10.6 Å². The highest BCUT2D eigenvalue weighted by molar-refractivity contribution is 5.99. The van der Waals surface area contributed by atoms with Crippen molar-refractivity contribution in [2.45, 2.75) is 31.7 Å². The van der Waals surface area contributed by atoms with Gasteiger partial charge in [-0.2, -0.15) is 0 Å². The monoisotopic (exact) mass is 276 g/mol. The number of nitrogens with one attached hydrogen (secondary N) is 2. The number of benzene rings is 1. The molecule has 1 aromatic carbocycles. The average Bonchev–Trinajstić information content (AvgIpc) is 2.84. The summed E-state index contributed by atoms with van der Waals surface area (Å²) >= 11 is 0. The van der Waals surface area contributed by atoms with Crippen molar-refractivity contribution in [3.05, 3.63) is 29.8 Å². The molecular weight excluding hydrogens is 260 g/mol. The van der Waals surface area contributed by atoms with Gasteiger partial charge < -0.3 is 15.7 Å². The smallest absolute Gasteiger partial charge is 0.303 e. The van der Waals surface area contributed by atoms with Gasteiger partial charge in [-0.3, -0.25) is 14.4 Å². The Morgan fingerprint density at radius 3 is 2.75 bits per heavy atom. The molecule has 0 saturated carbocycles. The highest BCUT2D eigenvalue weighted by atomic mass is 16.4. The van der Waals surface area contributed by atoms with Crippen LogP contribution in [0.1, 0.15) is 24.8 Å². The van der Waals surface area contributed by atoms with Gasteiger partial charge in [0.05, 0.1) is 0 Å². The van der Waals surface area contributed by atoms with Gasteiger partial charge in [0.1, 0.15) is 6.04 Å². The van der Waals surface area contributed by atoms with Gasteiger partial charge in [0.2, 0.25) is 11.8 Å². The minimum atomic E-state index is -0.880. The number of para-hydroxylation sites is 1. The molecular formula is C14H16N2O4. The van der Waals surface area contributed by atoms with Gasteiger partial charge in [0.15, 0.2) is 0 Å². The van der Waals surface area contributed by atoms with Crippen LogP contribution < -0.4 is 10.6 Å². The Labute approximate surface area is 116 Å². The van der Waals surface area contributed by atoms with E-state index in [9.17, 15) is 14.4 Å². The fourth-order valence-corrected chi connectivity index (χ4v) is 2.13. The summed E-state index contributed by atoms with van der Waals surface area (Å²) in [7, 11) is 0. The molecule has 1 aromatic rings. The number of carbonyl (C=O) groups is 3. The summed E-state index contributed by atoms with van der Waals surface area (Å²) in [5, 5.41) is 14.1. The van der Waals surface area contributed by atoms with Crippen molar-refractivity contribution < 1.29 is 19.5 Å². The average molecular weight is 276 g/mol. The lowest BCUT2D eigenvalue weighted by molar-refractivity contribution is -0.137. The maximum absolute atomic E-state index is 12.0. The summed E-state index contributed by atoms with van der Waals surface area (Å²) in [5.74, 6) is -1.27. The standard InChI is InChI=1S/C14H16N2O4/c17-12-7-6-11(15-12)14(20)16-10-4-2-1-3-9(10)5-8-13(18)19/h1-4,11H,5-8H2,(H,15,17)(H,16,20)(H,18,19)/t11-/m0/s1. The fourth-order valence-electron chi connectivity index (χ4n) is 2.13. The lowest BCUT2D eigenvalue weighted by Crippen LogP contribution is -2.37. The number of carboxylic acids is 1. The maximum atomic E-state index is 12.0. The predicted octanol–water partition coefficient (Wildman–Crippen LogP) is 0.921. The molecule has 1 aliphatic heterocycles. The topological polar surface area (TPSA) is 95.5 Å². The van der Waals surface area contributed by atoms with Gasteiger partial charge in [0.25, 0.3) is 0 Å². The fraction of sp³-hybridized carbons (Fsp3) is 0.357. The molecule has 6 heteroatoms. The lowest BCUT2D eigenvalue weighted by atomic mass is 10.1. The highest BCUT2D eigenvalue weighted by Gasteiger charge is 2.27. The first-order chi connectivity index (χ1) is 9.56. The molecule has 1 heterocycles. The number of amides is 2. The van der Waals surface area contributed by atoms with Crippen LogP contribution in [-0.2, 0) is 20.8 Å². The molecule has 106 valence electrons. The first-order valence-electron chi connectivity index (χ1n) is 6.46. The Morgan fingerprint density at radius 1 is 1.35 bits per heavy atom. The molecule has 1 aliphatic rings. The van der Waals surface area contributed by atoms with E-state index in [-0.39, 0.29) is 18.2 Å². The van der Waals surface area contributed by atoms with Crippen molar-refractivity contribution >= 4 is 23.5 Å². The zero-order chi connectivity index (χ0) is 14.5. The number of anilines is 1. The summed E-state index contributed by atoms with van der Waals surface area (Å²) in [6.45, 7) is 0. The van der Waals surface area contributed by atoms with E-state index >= 15 is 0 Å². The zero-order valence-corrected chi connectivity index (χ0v) is 10.9. The van der Waals surface area contributed by atoms with Gasteiger partial charge in [-0.05, 0) is 24.5 Å². The minimum Gasteiger partial charge on any atom is -0.481 e. The van der Waals surface area contributed by atoms with Crippen LogP contribution in [0.4, 0.5) is 5.69 Å². The molecule has 0 aliphatic carbocycles. The minimum absolute atomic E-state index is 0.00699. The number of rotatable bonds is 5. The van der Waals surface area contributed by atoms with Crippen LogP contribution in [0.25, 0.3) is 0 Å². The summed E-state index contributed by atoms with van der Waals surface area (Å²) in [6, 6.07) is 6.57. The van der Waals surface area contributed by atoms with Crippen LogP contribution in [0, 0.1) is 0 Å². The van der Waals surface area contributed by atoms with Crippen LogP contribution in [0.2, 0.25) is 0 Å². The van der Waals surface area contributed by atoms with E-state index in [4.69, 9.17) is 5.11 Å². The van der Waals surface area contributed by atoms with Crippen molar-refractivity contribution in [2.75, 3.05) is 5.32 Å². The third-order valence-corrected chi connectivity index (χ3v) is 3.20.